The number of ether oxygens (including phenoxy) is 2. The van der Waals surface area contributed by atoms with E-state index in [1.54, 1.807) is 17.2 Å². The van der Waals surface area contributed by atoms with Crippen molar-refractivity contribution < 1.29 is 14.3 Å². The lowest BCUT2D eigenvalue weighted by Gasteiger charge is -2.26. The number of benzene rings is 2. The number of carbonyl (C=O) groups excluding carboxylic acids is 1. The van der Waals surface area contributed by atoms with Crippen molar-refractivity contribution in [3.63, 3.8) is 0 Å². The van der Waals surface area contributed by atoms with E-state index in [2.05, 4.69) is 10.3 Å². The summed E-state index contributed by atoms with van der Waals surface area (Å²) in [6, 6.07) is 20.9. The summed E-state index contributed by atoms with van der Waals surface area (Å²) in [5, 5.41) is 3.28. The minimum Gasteiger partial charge on any atom is -0.457 e. The summed E-state index contributed by atoms with van der Waals surface area (Å²) >= 11 is 0. The molecule has 0 aliphatic carbocycles. The highest BCUT2D eigenvalue weighted by Crippen LogP contribution is 2.24. The zero-order valence-corrected chi connectivity index (χ0v) is 15.4. The zero-order chi connectivity index (χ0) is 19.2. The fourth-order valence-corrected chi connectivity index (χ4v) is 2.92. The van der Waals surface area contributed by atoms with Crippen LogP contribution in [0.2, 0.25) is 0 Å². The van der Waals surface area contributed by atoms with Gasteiger partial charge in [-0.1, -0.05) is 18.2 Å². The number of rotatable bonds is 5. The third-order valence-electron chi connectivity index (χ3n) is 4.40. The first-order valence-corrected chi connectivity index (χ1v) is 9.21. The molecule has 6 heteroatoms. The van der Waals surface area contributed by atoms with Crippen LogP contribution < -0.4 is 10.1 Å². The van der Waals surface area contributed by atoms with Crippen LogP contribution in [-0.4, -0.2) is 42.1 Å². The van der Waals surface area contributed by atoms with E-state index in [1.165, 1.54) is 0 Å². The number of anilines is 2. The number of aromatic nitrogens is 1. The van der Waals surface area contributed by atoms with Crippen molar-refractivity contribution in [2.45, 2.75) is 0 Å². The number of hydrogen-bond donors (Lipinski definition) is 1. The molecule has 1 N–H and O–H groups in total. The van der Waals surface area contributed by atoms with Gasteiger partial charge in [-0.05, 0) is 48.5 Å². The number of carbonyl (C=O) groups is 1. The lowest BCUT2D eigenvalue weighted by Crippen LogP contribution is -2.41. The largest absolute Gasteiger partial charge is 0.457 e. The van der Waals surface area contributed by atoms with Crippen LogP contribution in [0.4, 0.5) is 11.4 Å². The zero-order valence-electron chi connectivity index (χ0n) is 15.4. The summed E-state index contributed by atoms with van der Waals surface area (Å²) in [5.74, 6) is 1.51. The first kappa shape index (κ1) is 18.0. The van der Waals surface area contributed by atoms with Crippen LogP contribution in [0.3, 0.4) is 0 Å². The normalized spacial score (nSPS) is 13.8. The molecule has 1 aliphatic heterocycles. The molecule has 4 rings (SSSR count). The summed E-state index contributed by atoms with van der Waals surface area (Å²) in [6.07, 6.45) is 1.67. The van der Waals surface area contributed by atoms with Crippen molar-refractivity contribution in [3.8, 4) is 11.5 Å². The molecule has 0 radical (unpaired) electrons. The number of nitrogens with one attached hydrogen (secondary N) is 1. The molecular weight excluding hydrogens is 354 g/mol. The molecule has 2 heterocycles. The first-order valence-electron chi connectivity index (χ1n) is 9.21. The van der Waals surface area contributed by atoms with E-state index < -0.39 is 0 Å². The van der Waals surface area contributed by atoms with Gasteiger partial charge in [0.1, 0.15) is 17.2 Å². The molecule has 1 fully saturated rings. The summed E-state index contributed by atoms with van der Waals surface area (Å²) in [6.45, 7) is 2.38. The van der Waals surface area contributed by atoms with Crippen molar-refractivity contribution in [1.82, 2.24) is 9.88 Å². The Bertz CT molecular complexity index is 906. The van der Waals surface area contributed by atoms with Gasteiger partial charge >= 0.3 is 0 Å². The van der Waals surface area contributed by atoms with Gasteiger partial charge < -0.3 is 19.7 Å². The van der Waals surface area contributed by atoms with Crippen LogP contribution in [0, 0.1) is 0 Å². The number of para-hydroxylation sites is 1. The van der Waals surface area contributed by atoms with Gasteiger partial charge in [0.2, 0.25) is 0 Å². The first-order chi connectivity index (χ1) is 13.8. The monoisotopic (exact) mass is 375 g/mol. The second-order valence-electron chi connectivity index (χ2n) is 6.40. The molecule has 0 saturated carbocycles. The molecule has 1 aliphatic rings. The van der Waals surface area contributed by atoms with Gasteiger partial charge in [0.05, 0.1) is 25.1 Å². The highest BCUT2D eigenvalue weighted by atomic mass is 16.5. The molecule has 0 spiro atoms. The van der Waals surface area contributed by atoms with E-state index in [1.807, 2.05) is 60.7 Å². The van der Waals surface area contributed by atoms with E-state index in [9.17, 15) is 4.79 Å². The van der Waals surface area contributed by atoms with Crippen LogP contribution in [0.15, 0.2) is 72.9 Å². The molecule has 1 amide bonds. The van der Waals surface area contributed by atoms with Crippen LogP contribution in [0.5, 0.6) is 11.5 Å². The Kier molecular flexibility index (Phi) is 5.49. The highest BCUT2D eigenvalue weighted by Gasteiger charge is 2.19. The van der Waals surface area contributed by atoms with Gasteiger partial charge in [0.15, 0.2) is 0 Å². The Morgan fingerprint density at radius 1 is 0.893 bits per heavy atom. The van der Waals surface area contributed by atoms with Crippen LogP contribution in [0.25, 0.3) is 0 Å². The Labute approximate surface area is 163 Å². The van der Waals surface area contributed by atoms with E-state index in [0.717, 1.165) is 22.9 Å². The predicted octanol–water partition coefficient (Wildman–Crippen LogP) is 4.09. The summed E-state index contributed by atoms with van der Waals surface area (Å²) in [7, 11) is 0. The van der Waals surface area contributed by atoms with Crippen LogP contribution in [0.1, 0.15) is 10.5 Å². The molecule has 2 aromatic carbocycles. The number of nitrogens with zero attached hydrogens (tertiary/aromatic N) is 2. The Morgan fingerprint density at radius 2 is 1.57 bits per heavy atom. The quantitative estimate of drug-likeness (QED) is 0.728. The van der Waals surface area contributed by atoms with Crippen molar-refractivity contribution in [2.75, 3.05) is 31.6 Å². The van der Waals surface area contributed by atoms with Crippen molar-refractivity contribution in [2.24, 2.45) is 0 Å². The maximum absolute atomic E-state index is 12.4. The maximum atomic E-state index is 12.4. The average Bonchev–Trinajstić information content (AvgIpc) is 2.76. The Hall–Kier alpha value is -3.38. The fraction of sp³-hybridized carbons (Fsp3) is 0.182. The minimum atomic E-state index is -0.0581. The predicted molar refractivity (Wildman–Crippen MR) is 107 cm³/mol. The van der Waals surface area contributed by atoms with Crippen molar-refractivity contribution in [3.05, 3.63) is 78.6 Å². The molecule has 3 aromatic rings. The van der Waals surface area contributed by atoms with E-state index in [4.69, 9.17) is 9.47 Å². The molecule has 28 heavy (non-hydrogen) atoms. The summed E-state index contributed by atoms with van der Waals surface area (Å²) in [5.41, 5.74) is 2.17. The second kappa shape index (κ2) is 8.54. The van der Waals surface area contributed by atoms with E-state index in [-0.39, 0.29) is 5.91 Å². The summed E-state index contributed by atoms with van der Waals surface area (Å²) in [4.78, 5) is 18.5. The second-order valence-corrected chi connectivity index (χ2v) is 6.40. The van der Waals surface area contributed by atoms with Gasteiger partial charge in [0, 0.05) is 18.8 Å². The SMILES string of the molecule is O=C(c1ccc(Nc2ccc(Oc3ccccc3)cc2)cn1)N1CCOCC1. The minimum absolute atomic E-state index is 0.0581. The molecule has 1 saturated heterocycles. The number of morpholine rings is 1. The maximum Gasteiger partial charge on any atom is 0.272 e. The highest BCUT2D eigenvalue weighted by molar-refractivity contribution is 5.92. The lowest BCUT2D eigenvalue weighted by molar-refractivity contribution is 0.0299. The molecule has 0 bridgehead atoms. The van der Waals surface area contributed by atoms with Gasteiger partial charge in [-0.15, -0.1) is 0 Å². The molecule has 1 aromatic heterocycles. The third-order valence-corrected chi connectivity index (χ3v) is 4.40. The smallest absolute Gasteiger partial charge is 0.272 e. The average molecular weight is 375 g/mol. The van der Waals surface area contributed by atoms with Gasteiger partial charge in [0.25, 0.3) is 5.91 Å². The van der Waals surface area contributed by atoms with E-state index in [0.29, 0.717) is 32.0 Å². The molecule has 0 atom stereocenters. The van der Waals surface area contributed by atoms with Crippen LogP contribution >= 0.6 is 0 Å². The van der Waals surface area contributed by atoms with Gasteiger partial charge in [-0.2, -0.15) is 0 Å². The van der Waals surface area contributed by atoms with E-state index >= 15 is 0 Å². The fourth-order valence-electron chi connectivity index (χ4n) is 2.92. The molecule has 6 nitrogen and oxygen atoms in total. The van der Waals surface area contributed by atoms with Crippen LogP contribution in [-0.2, 0) is 4.74 Å². The van der Waals surface area contributed by atoms with Crippen molar-refractivity contribution in [1.29, 1.82) is 0 Å². The number of pyridine rings is 1. The molecule has 142 valence electrons. The van der Waals surface area contributed by atoms with Gasteiger partial charge in [-0.25, -0.2) is 4.98 Å². The summed E-state index contributed by atoms with van der Waals surface area (Å²) < 4.78 is 11.1. The number of amides is 1. The standard InChI is InChI=1S/C22H21N3O3/c26-22(25-12-14-27-15-13-25)21-11-8-18(16-23-21)24-17-6-9-20(10-7-17)28-19-4-2-1-3-5-19/h1-11,16,24H,12-15H2. The number of hydrogen-bond acceptors (Lipinski definition) is 5. The lowest BCUT2D eigenvalue weighted by atomic mass is 10.2. The molecule has 0 unspecified atom stereocenters. The molecular formula is C22H21N3O3. The third kappa shape index (κ3) is 4.47. The topological polar surface area (TPSA) is 63.7 Å². The Morgan fingerprint density at radius 3 is 2.25 bits per heavy atom. The van der Waals surface area contributed by atoms with Gasteiger partial charge in [-0.3, -0.25) is 4.79 Å². The van der Waals surface area contributed by atoms with Crippen molar-refractivity contribution >= 4 is 17.3 Å². The Balaban J connectivity index is 1.37.